The lowest BCUT2D eigenvalue weighted by molar-refractivity contribution is -0.140. The van der Waals surface area contributed by atoms with Gasteiger partial charge in [0.1, 0.15) is 17.3 Å². The monoisotopic (exact) mass is 445 g/mol. The topological polar surface area (TPSA) is 96.5 Å². The van der Waals surface area contributed by atoms with Gasteiger partial charge in [-0.15, -0.1) is 0 Å². The number of rotatable bonds is 10. The summed E-state index contributed by atoms with van der Waals surface area (Å²) in [5.74, 6) is 1.23. The number of aromatic nitrogens is 2. The molecule has 0 saturated carbocycles. The molecule has 0 spiro atoms. The lowest BCUT2D eigenvalue weighted by Gasteiger charge is -2.16. The molecule has 170 valence electrons. The Bertz CT molecular complexity index is 1210. The number of hydrogen-bond donors (Lipinski definition) is 3. The van der Waals surface area contributed by atoms with E-state index < -0.39 is 0 Å². The molecule has 33 heavy (non-hydrogen) atoms. The zero-order valence-corrected chi connectivity index (χ0v) is 18.5. The second-order valence-electron chi connectivity index (χ2n) is 7.72. The van der Waals surface area contributed by atoms with Gasteiger partial charge in [-0.25, -0.2) is 4.98 Å². The highest BCUT2D eigenvalue weighted by Gasteiger charge is 2.22. The molecule has 0 radical (unpaired) electrons. The third kappa shape index (κ3) is 5.63. The number of nitrogens with zero attached hydrogens (tertiary/aromatic N) is 1. The van der Waals surface area contributed by atoms with Crippen molar-refractivity contribution in [1.29, 1.82) is 0 Å². The first-order valence-electron chi connectivity index (χ1n) is 10.9. The number of anilines is 1. The number of aromatic amines is 1. The molecule has 0 aliphatic rings. The van der Waals surface area contributed by atoms with E-state index in [1.165, 1.54) is 7.11 Å². The van der Waals surface area contributed by atoms with E-state index in [-0.39, 0.29) is 24.1 Å². The lowest BCUT2D eigenvalue weighted by Crippen LogP contribution is -2.10. The molecule has 0 aliphatic carbocycles. The summed E-state index contributed by atoms with van der Waals surface area (Å²) in [5.41, 5.74) is 2.73. The van der Waals surface area contributed by atoms with Crippen molar-refractivity contribution in [3.8, 4) is 11.5 Å². The van der Waals surface area contributed by atoms with Crippen LogP contribution in [0.15, 0.2) is 73.1 Å². The van der Waals surface area contributed by atoms with Gasteiger partial charge < -0.3 is 24.9 Å². The molecular weight excluding hydrogens is 418 g/mol. The van der Waals surface area contributed by atoms with Crippen LogP contribution in [-0.2, 0) is 9.53 Å². The zero-order chi connectivity index (χ0) is 23.0. The molecule has 7 heteroatoms. The van der Waals surface area contributed by atoms with Crippen molar-refractivity contribution in [2.24, 2.45) is 0 Å². The normalized spacial score (nSPS) is 11.8. The SMILES string of the molecule is COC(=O)CC(c1cccc(O)c1)c1c[nH]c2cc(OCCCNc3ccccn3)ccc12. The maximum absolute atomic E-state index is 12.1. The summed E-state index contributed by atoms with van der Waals surface area (Å²) >= 11 is 0. The van der Waals surface area contributed by atoms with E-state index in [9.17, 15) is 9.90 Å². The number of phenols is 1. The Balaban J connectivity index is 1.45. The van der Waals surface area contributed by atoms with Crippen LogP contribution in [0.2, 0.25) is 0 Å². The third-order valence-corrected chi connectivity index (χ3v) is 5.49. The number of methoxy groups -OCH3 is 1. The number of carbonyl (C=O) groups excluding carboxylic acids is 1. The molecule has 0 aliphatic heterocycles. The molecule has 1 unspecified atom stereocenters. The van der Waals surface area contributed by atoms with Gasteiger partial charge >= 0.3 is 5.97 Å². The Hall–Kier alpha value is -4.00. The number of ether oxygens (including phenoxy) is 2. The van der Waals surface area contributed by atoms with Crippen molar-refractivity contribution in [2.75, 3.05) is 25.6 Å². The predicted molar refractivity (Wildman–Crippen MR) is 128 cm³/mol. The van der Waals surface area contributed by atoms with Crippen LogP contribution in [0.3, 0.4) is 0 Å². The van der Waals surface area contributed by atoms with E-state index >= 15 is 0 Å². The summed E-state index contributed by atoms with van der Waals surface area (Å²) in [4.78, 5) is 19.6. The maximum atomic E-state index is 12.1. The molecular formula is C26H27N3O4. The fourth-order valence-corrected chi connectivity index (χ4v) is 3.85. The minimum absolute atomic E-state index is 0.162. The minimum Gasteiger partial charge on any atom is -0.508 e. The van der Waals surface area contributed by atoms with Crippen molar-refractivity contribution in [2.45, 2.75) is 18.8 Å². The molecule has 1 atom stereocenters. The largest absolute Gasteiger partial charge is 0.508 e. The van der Waals surface area contributed by atoms with E-state index in [1.807, 2.05) is 48.7 Å². The van der Waals surface area contributed by atoms with Gasteiger partial charge in [-0.1, -0.05) is 18.2 Å². The number of hydrogen-bond acceptors (Lipinski definition) is 6. The molecule has 3 N–H and O–H groups in total. The molecule has 2 aromatic heterocycles. The fourth-order valence-electron chi connectivity index (χ4n) is 3.85. The fraction of sp³-hybridized carbons (Fsp3) is 0.231. The Kier molecular flexibility index (Phi) is 7.09. The summed E-state index contributed by atoms with van der Waals surface area (Å²) in [5, 5.41) is 14.2. The van der Waals surface area contributed by atoms with Gasteiger partial charge in [0.2, 0.25) is 0 Å². The molecule has 0 bridgehead atoms. The van der Waals surface area contributed by atoms with E-state index in [1.54, 1.807) is 24.4 Å². The minimum atomic E-state index is -0.308. The number of carbonyl (C=O) groups is 1. The van der Waals surface area contributed by atoms with Crippen molar-refractivity contribution in [3.63, 3.8) is 0 Å². The Labute approximate surface area is 192 Å². The van der Waals surface area contributed by atoms with Gasteiger partial charge in [0, 0.05) is 41.8 Å². The van der Waals surface area contributed by atoms with Crippen LogP contribution in [0, 0.1) is 0 Å². The maximum Gasteiger partial charge on any atom is 0.306 e. The van der Waals surface area contributed by atoms with Gasteiger partial charge in [-0.3, -0.25) is 4.79 Å². The number of pyridine rings is 1. The van der Waals surface area contributed by atoms with E-state index in [0.29, 0.717) is 6.61 Å². The van der Waals surface area contributed by atoms with Crippen LogP contribution >= 0.6 is 0 Å². The van der Waals surface area contributed by atoms with Crippen LogP contribution in [-0.4, -0.2) is 41.3 Å². The summed E-state index contributed by atoms with van der Waals surface area (Å²) < 4.78 is 10.8. The van der Waals surface area contributed by atoms with Crippen LogP contribution in [0.25, 0.3) is 10.9 Å². The average molecular weight is 446 g/mol. The quantitative estimate of drug-likeness (QED) is 0.239. The van der Waals surface area contributed by atoms with Crippen LogP contribution < -0.4 is 10.1 Å². The first-order valence-corrected chi connectivity index (χ1v) is 10.9. The molecule has 4 aromatic rings. The van der Waals surface area contributed by atoms with Gasteiger partial charge in [-0.2, -0.15) is 0 Å². The number of aromatic hydroxyl groups is 1. The van der Waals surface area contributed by atoms with E-state index in [2.05, 4.69) is 15.3 Å². The average Bonchev–Trinajstić information content (AvgIpc) is 3.26. The van der Waals surface area contributed by atoms with Gasteiger partial charge in [0.15, 0.2) is 0 Å². The summed E-state index contributed by atoms with van der Waals surface area (Å²) in [6, 6.07) is 18.6. The van der Waals surface area contributed by atoms with Crippen molar-refractivity contribution >= 4 is 22.7 Å². The molecule has 7 nitrogen and oxygen atoms in total. The first kappa shape index (κ1) is 22.2. The number of nitrogens with one attached hydrogen (secondary N) is 2. The zero-order valence-electron chi connectivity index (χ0n) is 18.5. The highest BCUT2D eigenvalue weighted by atomic mass is 16.5. The highest BCUT2D eigenvalue weighted by Crippen LogP contribution is 2.36. The van der Waals surface area contributed by atoms with E-state index in [4.69, 9.17) is 9.47 Å². The second-order valence-corrected chi connectivity index (χ2v) is 7.72. The Morgan fingerprint density at radius 1 is 1.15 bits per heavy atom. The van der Waals surface area contributed by atoms with Gasteiger partial charge in [-0.05, 0) is 53.9 Å². The van der Waals surface area contributed by atoms with Gasteiger partial charge in [0.05, 0.1) is 20.1 Å². The number of esters is 1. The van der Waals surface area contributed by atoms with Crippen molar-refractivity contribution in [3.05, 3.63) is 84.2 Å². The Morgan fingerprint density at radius 3 is 2.85 bits per heavy atom. The number of fused-ring (bicyclic) bond motifs is 1. The summed E-state index contributed by atoms with van der Waals surface area (Å²) in [6.07, 6.45) is 4.68. The molecule has 0 saturated heterocycles. The summed E-state index contributed by atoms with van der Waals surface area (Å²) in [6.45, 7) is 1.35. The molecule has 0 amide bonds. The highest BCUT2D eigenvalue weighted by molar-refractivity contribution is 5.86. The first-order chi connectivity index (χ1) is 16.1. The van der Waals surface area contributed by atoms with E-state index in [0.717, 1.165) is 46.6 Å². The predicted octanol–water partition coefficient (Wildman–Crippen LogP) is 4.84. The van der Waals surface area contributed by atoms with Crippen LogP contribution in [0.5, 0.6) is 11.5 Å². The Morgan fingerprint density at radius 2 is 2.06 bits per heavy atom. The number of phenolic OH excluding ortho intramolecular Hbond substituents is 1. The van der Waals surface area contributed by atoms with Crippen LogP contribution in [0.4, 0.5) is 5.82 Å². The standard InChI is InChI=1S/C26H27N3O4/c1-32-26(31)16-22(18-6-4-7-19(30)14-18)23-17-29-24-15-20(9-10-21(23)24)33-13-5-12-28-25-8-2-3-11-27-25/h2-4,6-11,14-15,17,22,29-30H,5,12-13,16H2,1H3,(H,27,28). The second kappa shape index (κ2) is 10.5. The smallest absolute Gasteiger partial charge is 0.306 e. The molecule has 2 aromatic carbocycles. The summed E-state index contributed by atoms with van der Waals surface area (Å²) in [7, 11) is 1.38. The molecule has 0 fully saturated rings. The third-order valence-electron chi connectivity index (χ3n) is 5.49. The number of benzene rings is 2. The lowest BCUT2D eigenvalue weighted by atomic mass is 9.88. The molecule has 2 heterocycles. The van der Waals surface area contributed by atoms with Crippen molar-refractivity contribution < 1.29 is 19.4 Å². The van der Waals surface area contributed by atoms with Gasteiger partial charge in [0.25, 0.3) is 0 Å². The molecule has 4 rings (SSSR count). The number of H-pyrrole nitrogens is 1. The van der Waals surface area contributed by atoms with Crippen molar-refractivity contribution in [1.82, 2.24) is 9.97 Å². The van der Waals surface area contributed by atoms with Crippen LogP contribution in [0.1, 0.15) is 29.9 Å².